The van der Waals surface area contributed by atoms with Crippen LogP contribution in [0.2, 0.25) is 0 Å². The van der Waals surface area contributed by atoms with Crippen LogP contribution >= 0.6 is 15.9 Å². The van der Waals surface area contributed by atoms with Gasteiger partial charge < -0.3 is 15.5 Å². The van der Waals surface area contributed by atoms with E-state index in [0.29, 0.717) is 16.2 Å². The molecule has 18 heavy (non-hydrogen) atoms. The number of hydrogen-bond acceptors (Lipinski definition) is 3. The molecule has 3 nitrogen and oxygen atoms in total. The number of halogens is 2. The number of hydrogen-bond donors (Lipinski definition) is 1. The van der Waals surface area contributed by atoms with Crippen molar-refractivity contribution in [1.82, 2.24) is 4.90 Å². The fraction of sp³-hybridized carbons (Fsp3) is 0.538. The Labute approximate surface area is 116 Å². The van der Waals surface area contributed by atoms with E-state index in [4.69, 9.17) is 5.73 Å². The van der Waals surface area contributed by atoms with Crippen LogP contribution < -0.4 is 10.6 Å². The molecule has 0 aromatic heterocycles. The summed E-state index contributed by atoms with van der Waals surface area (Å²) in [5, 5.41) is 0. The zero-order valence-corrected chi connectivity index (χ0v) is 12.4. The molecule has 1 atom stereocenters. The van der Waals surface area contributed by atoms with E-state index in [2.05, 4.69) is 39.7 Å². The lowest BCUT2D eigenvalue weighted by molar-refractivity contribution is 0.337. The van der Waals surface area contributed by atoms with Gasteiger partial charge in [-0.3, -0.25) is 0 Å². The summed E-state index contributed by atoms with van der Waals surface area (Å²) in [6.45, 7) is 5.21. The van der Waals surface area contributed by atoms with Gasteiger partial charge in [-0.05, 0) is 48.9 Å². The van der Waals surface area contributed by atoms with Gasteiger partial charge in [-0.15, -0.1) is 0 Å². The fourth-order valence-electron chi connectivity index (χ4n) is 2.53. The van der Waals surface area contributed by atoms with Gasteiger partial charge in [-0.2, -0.15) is 0 Å². The second-order valence-corrected chi connectivity index (χ2v) is 5.84. The number of likely N-dealkylation sites (N-methyl/N-ethyl adjacent to an activating group) is 1. The van der Waals surface area contributed by atoms with E-state index in [9.17, 15) is 4.39 Å². The third-order valence-corrected chi connectivity index (χ3v) is 4.03. The zero-order chi connectivity index (χ0) is 13.3. The molecule has 0 bridgehead atoms. The van der Waals surface area contributed by atoms with Crippen molar-refractivity contribution in [3.05, 3.63) is 22.4 Å². The lowest BCUT2D eigenvalue weighted by Gasteiger charge is -2.31. The van der Waals surface area contributed by atoms with Crippen LogP contribution in [0, 0.1) is 5.82 Å². The third kappa shape index (κ3) is 2.78. The molecule has 1 aliphatic heterocycles. The minimum atomic E-state index is -0.309. The van der Waals surface area contributed by atoms with Gasteiger partial charge in [0, 0.05) is 25.2 Å². The molecule has 1 heterocycles. The van der Waals surface area contributed by atoms with Crippen molar-refractivity contribution in [3.8, 4) is 0 Å². The molecule has 100 valence electrons. The monoisotopic (exact) mass is 315 g/mol. The topological polar surface area (TPSA) is 32.5 Å². The Bertz CT molecular complexity index is 438. The van der Waals surface area contributed by atoms with Crippen molar-refractivity contribution in [2.24, 2.45) is 0 Å². The maximum absolute atomic E-state index is 13.4. The summed E-state index contributed by atoms with van der Waals surface area (Å²) < 4.78 is 13.9. The largest absolute Gasteiger partial charge is 0.397 e. The first-order chi connectivity index (χ1) is 8.49. The maximum Gasteiger partial charge on any atom is 0.139 e. The van der Waals surface area contributed by atoms with Crippen LogP contribution in [0.15, 0.2) is 16.6 Å². The van der Waals surface area contributed by atoms with Gasteiger partial charge in [0.05, 0.1) is 15.8 Å². The average molecular weight is 316 g/mol. The van der Waals surface area contributed by atoms with Crippen molar-refractivity contribution in [1.29, 1.82) is 0 Å². The molecule has 1 unspecified atom stereocenters. The molecule has 0 saturated carbocycles. The molecule has 2 rings (SSSR count). The summed E-state index contributed by atoms with van der Waals surface area (Å²) in [6.07, 6.45) is 1.09. The Kier molecular flexibility index (Phi) is 4.12. The van der Waals surface area contributed by atoms with Gasteiger partial charge in [0.15, 0.2) is 0 Å². The highest BCUT2D eigenvalue weighted by atomic mass is 79.9. The Morgan fingerprint density at radius 3 is 2.83 bits per heavy atom. The van der Waals surface area contributed by atoms with Gasteiger partial charge in [-0.25, -0.2) is 4.39 Å². The van der Waals surface area contributed by atoms with Crippen molar-refractivity contribution < 1.29 is 4.39 Å². The van der Waals surface area contributed by atoms with Crippen LogP contribution in [0.5, 0.6) is 0 Å². The van der Waals surface area contributed by atoms with E-state index in [0.717, 1.165) is 31.7 Å². The molecule has 5 heteroatoms. The smallest absolute Gasteiger partial charge is 0.139 e. The first-order valence-corrected chi connectivity index (χ1v) is 6.98. The Balaban J connectivity index is 2.32. The fourth-order valence-corrected chi connectivity index (χ4v) is 2.86. The van der Waals surface area contributed by atoms with Gasteiger partial charge in [0.25, 0.3) is 0 Å². The highest BCUT2D eigenvalue weighted by Crippen LogP contribution is 2.31. The van der Waals surface area contributed by atoms with E-state index in [1.807, 2.05) is 0 Å². The molecule has 1 aliphatic rings. The van der Waals surface area contributed by atoms with Crippen LogP contribution in [0.25, 0.3) is 0 Å². The summed E-state index contributed by atoms with van der Waals surface area (Å²) in [5.74, 6) is -0.309. The van der Waals surface area contributed by atoms with Crippen LogP contribution in [0.1, 0.15) is 13.3 Å². The first kappa shape index (κ1) is 13.6. The van der Waals surface area contributed by atoms with Crippen molar-refractivity contribution in [3.63, 3.8) is 0 Å². The number of nitrogens with two attached hydrogens (primary N) is 1. The van der Waals surface area contributed by atoms with Gasteiger partial charge in [0.2, 0.25) is 0 Å². The number of rotatable bonds is 1. The number of benzene rings is 1. The average Bonchev–Trinajstić information content (AvgIpc) is 2.45. The van der Waals surface area contributed by atoms with Crippen LogP contribution in [-0.4, -0.2) is 37.6 Å². The van der Waals surface area contributed by atoms with E-state index in [1.54, 1.807) is 6.07 Å². The van der Waals surface area contributed by atoms with Crippen molar-refractivity contribution in [2.75, 3.05) is 37.3 Å². The number of nitrogens with zero attached hydrogens (tertiary/aromatic N) is 2. The summed E-state index contributed by atoms with van der Waals surface area (Å²) in [4.78, 5) is 4.59. The third-order valence-electron chi connectivity index (χ3n) is 3.43. The molecule has 1 aromatic carbocycles. The Morgan fingerprint density at radius 2 is 2.11 bits per heavy atom. The standard InChI is InChI=1S/C13H19BrFN3/c1-9-8-17(2)4-3-5-18(9)13-6-10(14)11(15)7-12(13)16/h6-7,9H,3-5,8,16H2,1-2H3. The predicted octanol–water partition coefficient (Wildman–Crippen LogP) is 2.70. The molecule has 1 saturated heterocycles. The van der Waals surface area contributed by atoms with Gasteiger partial charge in [-0.1, -0.05) is 0 Å². The highest BCUT2D eigenvalue weighted by Gasteiger charge is 2.22. The Morgan fingerprint density at radius 1 is 1.39 bits per heavy atom. The Hall–Kier alpha value is -0.810. The lowest BCUT2D eigenvalue weighted by atomic mass is 10.2. The molecule has 0 radical (unpaired) electrons. The van der Waals surface area contributed by atoms with Crippen LogP contribution in [0.4, 0.5) is 15.8 Å². The molecule has 1 aromatic rings. The minimum absolute atomic E-state index is 0.309. The SMILES string of the molecule is CC1CN(C)CCCN1c1cc(Br)c(F)cc1N. The van der Waals surface area contributed by atoms with Crippen LogP contribution in [-0.2, 0) is 0 Å². The number of anilines is 2. The van der Waals surface area contributed by atoms with E-state index >= 15 is 0 Å². The molecule has 2 N–H and O–H groups in total. The lowest BCUT2D eigenvalue weighted by Crippen LogP contribution is -2.38. The van der Waals surface area contributed by atoms with Gasteiger partial charge >= 0.3 is 0 Å². The summed E-state index contributed by atoms with van der Waals surface area (Å²) >= 11 is 3.23. The van der Waals surface area contributed by atoms with E-state index in [1.165, 1.54) is 6.07 Å². The normalized spacial score (nSPS) is 22.0. The highest BCUT2D eigenvalue weighted by molar-refractivity contribution is 9.10. The predicted molar refractivity (Wildman–Crippen MR) is 77.4 cm³/mol. The summed E-state index contributed by atoms with van der Waals surface area (Å²) in [5.41, 5.74) is 7.38. The minimum Gasteiger partial charge on any atom is -0.397 e. The van der Waals surface area contributed by atoms with E-state index < -0.39 is 0 Å². The molecule has 0 aliphatic carbocycles. The molecular weight excluding hydrogens is 297 g/mol. The quantitative estimate of drug-likeness (QED) is 0.809. The van der Waals surface area contributed by atoms with Crippen LogP contribution in [0.3, 0.4) is 0 Å². The van der Waals surface area contributed by atoms with Crippen molar-refractivity contribution in [2.45, 2.75) is 19.4 Å². The molecule has 1 fully saturated rings. The number of nitrogen functional groups attached to an aromatic ring is 1. The van der Waals surface area contributed by atoms with E-state index in [-0.39, 0.29) is 5.82 Å². The molecular formula is C13H19BrFN3. The second kappa shape index (κ2) is 5.45. The molecule has 0 amide bonds. The van der Waals surface area contributed by atoms with Gasteiger partial charge in [0.1, 0.15) is 5.82 Å². The second-order valence-electron chi connectivity index (χ2n) is 4.98. The maximum atomic E-state index is 13.4. The molecule has 0 spiro atoms. The summed E-state index contributed by atoms with van der Waals surface area (Å²) in [6, 6.07) is 3.55. The summed E-state index contributed by atoms with van der Waals surface area (Å²) in [7, 11) is 2.13. The zero-order valence-electron chi connectivity index (χ0n) is 10.8. The van der Waals surface area contributed by atoms with Crippen molar-refractivity contribution >= 4 is 27.3 Å². The first-order valence-electron chi connectivity index (χ1n) is 6.18.